The maximum Gasteiger partial charge on any atom is 0.243 e. The number of nitrogens with zero attached hydrogens (tertiary/aromatic N) is 2. The predicted octanol–water partition coefficient (Wildman–Crippen LogP) is 2.02. The quantitative estimate of drug-likeness (QED) is 0.854. The van der Waals surface area contributed by atoms with Crippen LogP contribution in [0.1, 0.15) is 24.0 Å². The highest BCUT2D eigenvalue weighted by Crippen LogP contribution is 2.30. The van der Waals surface area contributed by atoms with Crippen molar-refractivity contribution in [2.45, 2.75) is 31.6 Å². The standard InChI is InChI=1S/C16H24N2O2S/c1-13-3-6-16(11-14(13)2)21(19,20)18-9-7-17(8-10-18)12-15-4-5-15/h3,6,11,15H,4-5,7-10,12H2,1-2H3. The van der Waals surface area contributed by atoms with Crippen LogP contribution in [0, 0.1) is 19.8 Å². The molecule has 116 valence electrons. The molecule has 5 heteroatoms. The molecule has 0 unspecified atom stereocenters. The molecule has 1 aliphatic heterocycles. The van der Waals surface area contributed by atoms with Crippen molar-refractivity contribution in [2.24, 2.45) is 5.92 Å². The van der Waals surface area contributed by atoms with Crippen molar-refractivity contribution in [3.05, 3.63) is 29.3 Å². The second-order valence-electron chi connectivity index (χ2n) is 6.39. The summed E-state index contributed by atoms with van der Waals surface area (Å²) < 4.78 is 27.0. The number of aryl methyl sites for hydroxylation is 2. The largest absolute Gasteiger partial charge is 0.300 e. The summed E-state index contributed by atoms with van der Waals surface area (Å²) in [6.45, 7) is 8.06. The van der Waals surface area contributed by atoms with E-state index in [1.54, 1.807) is 16.4 Å². The smallest absolute Gasteiger partial charge is 0.243 e. The zero-order valence-electron chi connectivity index (χ0n) is 12.9. The molecule has 1 aromatic carbocycles. The first-order valence-electron chi connectivity index (χ1n) is 7.76. The summed E-state index contributed by atoms with van der Waals surface area (Å²) in [4.78, 5) is 2.84. The Morgan fingerprint density at radius 2 is 1.71 bits per heavy atom. The number of rotatable bonds is 4. The monoisotopic (exact) mass is 308 g/mol. The first kappa shape index (κ1) is 15.0. The predicted molar refractivity (Wildman–Crippen MR) is 83.8 cm³/mol. The van der Waals surface area contributed by atoms with E-state index in [0.717, 1.165) is 36.7 Å². The highest BCUT2D eigenvalue weighted by Gasteiger charge is 2.31. The van der Waals surface area contributed by atoms with E-state index in [1.807, 2.05) is 19.9 Å². The van der Waals surface area contributed by atoms with Gasteiger partial charge in [0.05, 0.1) is 4.90 Å². The topological polar surface area (TPSA) is 40.6 Å². The molecule has 0 atom stereocenters. The van der Waals surface area contributed by atoms with Gasteiger partial charge in [0, 0.05) is 32.7 Å². The van der Waals surface area contributed by atoms with Crippen LogP contribution in [0.5, 0.6) is 0 Å². The molecule has 0 spiro atoms. The van der Waals surface area contributed by atoms with Gasteiger partial charge in [0.25, 0.3) is 0 Å². The van der Waals surface area contributed by atoms with Crippen LogP contribution in [-0.4, -0.2) is 50.3 Å². The van der Waals surface area contributed by atoms with Gasteiger partial charge in [-0.1, -0.05) is 6.07 Å². The molecule has 1 saturated carbocycles. The molecule has 4 nitrogen and oxygen atoms in total. The number of piperazine rings is 1. The fraction of sp³-hybridized carbons (Fsp3) is 0.625. The molecular weight excluding hydrogens is 284 g/mol. The lowest BCUT2D eigenvalue weighted by Crippen LogP contribution is -2.49. The fourth-order valence-electron chi connectivity index (χ4n) is 2.84. The third-order valence-electron chi connectivity index (χ3n) is 4.66. The van der Waals surface area contributed by atoms with Crippen molar-refractivity contribution >= 4 is 10.0 Å². The molecule has 0 N–H and O–H groups in total. The van der Waals surface area contributed by atoms with Crippen molar-refractivity contribution in [1.82, 2.24) is 9.21 Å². The molecule has 0 amide bonds. The number of hydrogen-bond acceptors (Lipinski definition) is 3. The molecule has 1 aliphatic carbocycles. The van der Waals surface area contributed by atoms with Crippen molar-refractivity contribution in [3.63, 3.8) is 0 Å². The van der Waals surface area contributed by atoms with Crippen LogP contribution in [-0.2, 0) is 10.0 Å². The zero-order chi connectivity index (χ0) is 15.0. The molecule has 3 rings (SSSR count). The highest BCUT2D eigenvalue weighted by atomic mass is 32.2. The zero-order valence-corrected chi connectivity index (χ0v) is 13.7. The van der Waals surface area contributed by atoms with Crippen LogP contribution in [0.25, 0.3) is 0 Å². The molecule has 0 radical (unpaired) electrons. The summed E-state index contributed by atoms with van der Waals surface area (Å²) in [7, 11) is -3.33. The average molecular weight is 308 g/mol. The van der Waals surface area contributed by atoms with Gasteiger partial charge in [0.1, 0.15) is 0 Å². The summed E-state index contributed by atoms with van der Waals surface area (Å²) >= 11 is 0. The molecule has 2 fully saturated rings. The molecule has 2 aliphatic rings. The Morgan fingerprint density at radius 1 is 1.05 bits per heavy atom. The van der Waals surface area contributed by atoms with E-state index in [0.29, 0.717) is 18.0 Å². The van der Waals surface area contributed by atoms with Crippen molar-refractivity contribution < 1.29 is 8.42 Å². The molecule has 0 aromatic heterocycles. The SMILES string of the molecule is Cc1ccc(S(=O)(=O)N2CCN(CC3CC3)CC2)cc1C. The van der Waals surface area contributed by atoms with Crippen molar-refractivity contribution in [1.29, 1.82) is 0 Å². The Bertz CT molecular complexity index is 615. The van der Waals surface area contributed by atoms with E-state index < -0.39 is 10.0 Å². The van der Waals surface area contributed by atoms with E-state index in [9.17, 15) is 8.42 Å². The fourth-order valence-corrected chi connectivity index (χ4v) is 4.35. The second kappa shape index (κ2) is 5.71. The van der Waals surface area contributed by atoms with E-state index in [2.05, 4.69) is 4.90 Å². The summed E-state index contributed by atoms with van der Waals surface area (Å²) in [5.74, 6) is 0.868. The van der Waals surface area contributed by atoms with Gasteiger partial charge < -0.3 is 4.90 Å². The number of benzene rings is 1. The maximum atomic E-state index is 12.7. The van der Waals surface area contributed by atoms with Gasteiger partial charge in [0.2, 0.25) is 10.0 Å². The van der Waals surface area contributed by atoms with Gasteiger partial charge >= 0.3 is 0 Å². The molecule has 1 heterocycles. The van der Waals surface area contributed by atoms with Gasteiger partial charge in [-0.3, -0.25) is 0 Å². The molecule has 21 heavy (non-hydrogen) atoms. The molecule has 1 aromatic rings. The summed E-state index contributed by atoms with van der Waals surface area (Å²) in [5, 5.41) is 0. The maximum absolute atomic E-state index is 12.7. The Morgan fingerprint density at radius 3 is 2.29 bits per heavy atom. The third kappa shape index (κ3) is 3.30. The van der Waals surface area contributed by atoms with Gasteiger partial charge in [-0.2, -0.15) is 4.31 Å². The van der Waals surface area contributed by atoms with Crippen LogP contribution >= 0.6 is 0 Å². The van der Waals surface area contributed by atoms with E-state index in [-0.39, 0.29) is 0 Å². The van der Waals surface area contributed by atoms with Crippen molar-refractivity contribution in [3.8, 4) is 0 Å². The minimum atomic E-state index is -3.33. The van der Waals surface area contributed by atoms with Crippen molar-refractivity contribution in [2.75, 3.05) is 32.7 Å². The van der Waals surface area contributed by atoms with Crippen LogP contribution in [0.15, 0.2) is 23.1 Å². The summed E-state index contributed by atoms with van der Waals surface area (Å²) in [6, 6.07) is 5.42. The third-order valence-corrected chi connectivity index (χ3v) is 6.56. The van der Waals surface area contributed by atoms with E-state index >= 15 is 0 Å². The number of sulfonamides is 1. The van der Waals surface area contributed by atoms with Gasteiger partial charge in [-0.05, 0) is 55.9 Å². The summed E-state index contributed by atoms with van der Waals surface area (Å²) in [6.07, 6.45) is 2.70. The Labute approximate surface area is 127 Å². The van der Waals surface area contributed by atoms with Gasteiger partial charge in [-0.25, -0.2) is 8.42 Å². The highest BCUT2D eigenvalue weighted by molar-refractivity contribution is 7.89. The molecule has 0 bridgehead atoms. The van der Waals surface area contributed by atoms with Crippen LogP contribution in [0.2, 0.25) is 0 Å². The number of hydrogen-bond donors (Lipinski definition) is 0. The van der Waals surface area contributed by atoms with Gasteiger partial charge in [0.15, 0.2) is 0 Å². The van der Waals surface area contributed by atoms with E-state index in [4.69, 9.17) is 0 Å². The minimum Gasteiger partial charge on any atom is -0.300 e. The molecular formula is C16H24N2O2S. The Balaban J connectivity index is 1.68. The van der Waals surface area contributed by atoms with Crippen LogP contribution in [0.4, 0.5) is 0 Å². The first-order chi connectivity index (χ1) is 9.96. The average Bonchev–Trinajstić information content (AvgIpc) is 3.26. The van der Waals surface area contributed by atoms with E-state index in [1.165, 1.54) is 12.8 Å². The van der Waals surface area contributed by atoms with Crippen LogP contribution < -0.4 is 0 Å². The lowest BCUT2D eigenvalue weighted by molar-refractivity contribution is 0.182. The normalized spacial score (nSPS) is 21.6. The van der Waals surface area contributed by atoms with Gasteiger partial charge in [-0.15, -0.1) is 0 Å². The first-order valence-corrected chi connectivity index (χ1v) is 9.20. The Hall–Kier alpha value is -0.910. The summed E-state index contributed by atoms with van der Waals surface area (Å²) in [5.41, 5.74) is 2.16. The second-order valence-corrected chi connectivity index (χ2v) is 8.33. The molecule has 1 saturated heterocycles. The minimum absolute atomic E-state index is 0.432. The lowest BCUT2D eigenvalue weighted by atomic mass is 10.1. The van der Waals surface area contributed by atoms with Crippen LogP contribution in [0.3, 0.4) is 0 Å². The Kier molecular flexibility index (Phi) is 4.08. The lowest BCUT2D eigenvalue weighted by Gasteiger charge is -2.34.